The summed E-state index contributed by atoms with van der Waals surface area (Å²) in [5.41, 5.74) is 4.70. The van der Waals surface area contributed by atoms with Crippen molar-refractivity contribution in [3.63, 3.8) is 0 Å². The molecular formula is C5H10N2O5S. The molecule has 0 bridgehead atoms. The van der Waals surface area contributed by atoms with E-state index in [1.807, 2.05) is 0 Å². The van der Waals surface area contributed by atoms with Crippen molar-refractivity contribution in [2.24, 2.45) is 5.73 Å². The van der Waals surface area contributed by atoms with Crippen LogP contribution in [0.5, 0.6) is 0 Å². The van der Waals surface area contributed by atoms with Gasteiger partial charge in [-0.05, 0) is 0 Å². The molecular weight excluding hydrogens is 200 g/mol. The summed E-state index contributed by atoms with van der Waals surface area (Å²) in [5.74, 6) is -2.05. The molecule has 0 aromatic carbocycles. The van der Waals surface area contributed by atoms with E-state index in [1.54, 1.807) is 0 Å². The third-order valence-corrected chi connectivity index (χ3v) is 1.77. The molecule has 0 radical (unpaired) electrons. The second-order valence-corrected chi connectivity index (χ2v) is 3.85. The lowest BCUT2D eigenvalue weighted by Crippen LogP contribution is -2.34. The predicted octanol–water partition coefficient (Wildman–Crippen LogP) is -2.13. The van der Waals surface area contributed by atoms with Crippen molar-refractivity contribution in [2.45, 2.75) is 6.42 Å². The van der Waals surface area contributed by atoms with Crippen LogP contribution in [0.15, 0.2) is 0 Å². The fourth-order valence-corrected chi connectivity index (χ4v) is 0.939. The molecule has 0 heterocycles. The van der Waals surface area contributed by atoms with Crippen molar-refractivity contribution in [2.75, 3.05) is 12.3 Å². The average molecular weight is 210 g/mol. The SMILES string of the molecule is NC(=O)CNC(=O)CCS(=O)(=O)O. The molecule has 0 aliphatic carbocycles. The fraction of sp³-hybridized carbons (Fsp3) is 0.600. The van der Waals surface area contributed by atoms with Gasteiger partial charge >= 0.3 is 0 Å². The summed E-state index contributed by atoms with van der Waals surface area (Å²) in [6, 6.07) is 0. The second kappa shape index (κ2) is 4.77. The lowest BCUT2D eigenvalue weighted by atomic mass is 10.4. The third kappa shape index (κ3) is 8.76. The molecule has 2 amide bonds. The summed E-state index contributed by atoms with van der Waals surface area (Å²) in [6.07, 6.45) is -0.397. The van der Waals surface area contributed by atoms with Gasteiger partial charge in [-0.3, -0.25) is 14.1 Å². The Morgan fingerprint density at radius 2 is 1.92 bits per heavy atom. The number of primary amides is 1. The van der Waals surface area contributed by atoms with Gasteiger partial charge in [0.25, 0.3) is 10.1 Å². The van der Waals surface area contributed by atoms with Gasteiger partial charge in [0.1, 0.15) is 0 Å². The van der Waals surface area contributed by atoms with Crippen LogP contribution in [0.2, 0.25) is 0 Å². The van der Waals surface area contributed by atoms with Gasteiger partial charge in [0, 0.05) is 6.42 Å². The second-order valence-electron chi connectivity index (χ2n) is 2.28. The summed E-state index contributed by atoms with van der Waals surface area (Å²) in [5, 5.41) is 2.07. The van der Waals surface area contributed by atoms with Gasteiger partial charge in [-0.25, -0.2) is 0 Å². The van der Waals surface area contributed by atoms with Crippen LogP contribution in [0.1, 0.15) is 6.42 Å². The molecule has 76 valence electrons. The molecule has 0 saturated heterocycles. The summed E-state index contributed by atoms with van der Waals surface area (Å²) in [4.78, 5) is 20.8. The van der Waals surface area contributed by atoms with Crippen LogP contribution >= 0.6 is 0 Å². The number of hydrogen-bond acceptors (Lipinski definition) is 4. The lowest BCUT2D eigenvalue weighted by Gasteiger charge is -2.00. The molecule has 7 nitrogen and oxygen atoms in total. The number of rotatable bonds is 5. The minimum Gasteiger partial charge on any atom is -0.368 e. The van der Waals surface area contributed by atoms with Crippen LogP contribution in [-0.4, -0.2) is 37.1 Å². The smallest absolute Gasteiger partial charge is 0.265 e. The Kier molecular flexibility index (Phi) is 4.35. The van der Waals surface area contributed by atoms with E-state index in [0.717, 1.165) is 0 Å². The zero-order chi connectivity index (χ0) is 10.5. The predicted molar refractivity (Wildman–Crippen MR) is 43.2 cm³/mol. The number of nitrogens with one attached hydrogen (secondary N) is 1. The van der Waals surface area contributed by atoms with E-state index in [0.29, 0.717) is 0 Å². The summed E-state index contributed by atoms with van der Waals surface area (Å²) >= 11 is 0. The Hall–Kier alpha value is -1.15. The van der Waals surface area contributed by atoms with Crippen molar-refractivity contribution in [1.82, 2.24) is 5.32 Å². The molecule has 0 spiro atoms. The van der Waals surface area contributed by atoms with Crippen LogP contribution < -0.4 is 11.1 Å². The minimum atomic E-state index is -4.13. The van der Waals surface area contributed by atoms with Gasteiger partial charge in [0.15, 0.2) is 0 Å². The molecule has 13 heavy (non-hydrogen) atoms. The molecule has 0 fully saturated rings. The third-order valence-electron chi connectivity index (χ3n) is 1.05. The van der Waals surface area contributed by atoms with Crippen molar-refractivity contribution in [3.05, 3.63) is 0 Å². The van der Waals surface area contributed by atoms with Crippen LogP contribution in [0, 0.1) is 0 Å². The molecule has 0 unspecified atom stereocenters. The van der Waals surface area contributed by atoms with E-state index in [4.69, 9.17) is 10.3 Å². The number of carbonyl (C=O) groups is 2. The summed E-state index contributed by atoms with van der Waals surface area (Å²) in [6.45, 7) is -0.343. The molecule has 0 aromatic rings. The normalized spacial score (nSPS) is 10.8. The highest BCUT2D eigenvalue weighted by Crippen LogP contribution is 1.87. The van der Waals surface area contributed by atoms with Crippen molar-refractivity contribution in [1.29, 1.82) is 0 Å². The van der Waals surface area contributed by atoms with Gasteiger partial charge in [0.05, 0.1) is 12.3 Å². The topological polar surface area (TPSA) is 127 Å². The van der Waals surface area contributed by atoms with Crippen molar-refractivity contribution < 1.29 is 22.6 Å². The number of nitrogens with two attached hydrogens (primary N) is 1. The minimum absolute atomic E-state index is 0.343. The molecule has 0 aliphatic heterocycles. The Morgan fingerprint density at radius 3 is 2.31 bits per heavy atom. The Labute approximate surface area is 75.0 Å². The zero-order valence-corrected chi connectivity index (χ0v) is 7.50. The summed E-state index contributed by atoms with van der Waals surface area (Å²) < 4.78 is 28.6. The monoisotopic (exact) mass is 210 g/mol. The van der Waals surface area contributed by atoms with Crippen LogP contribution in [-0.2, 0) is 19.7 Å². The maximum atomic E-state index is 10.7. The van der Waals surface area contributed by atoms with E-state index in [-0.39, 0.29) is 6.54 Å². The first kappa shape index (κ1) is 11.8. The maximum Gasteiger partial charge on any atom is 0.265 e. The molecule has 0 saturated carbocycles. The first-order chi connectivity index (χ1) is 5.81. The number of hydrogen-bond donors (Lipinski definition) is 3. The largest absolute Gasteiger partial charge is 0.368 e. The van der Waals surface area contributed by atoms with Crippen molar-refractivity contribution in [3.8, 4) is 0 Å². The highest BCUT2D eigenvalue weighted by Gasteiger charge is 2.09. The number of amides is 2. The van der Waals surface area contributed by atoms with Gasteiger partial charge < -0.3 is 11.1 Å². The van der Waals surface area contributed by atoms with Crippen LogP contribution in [0.4, 0.5) is 0 Å². The first-order valence-corrected chi connectivity index (χ1v) is 4.92. The van der Waals surface area contributed by atoms with Crippen LogP contribution in [0.3, 0.4) is 0 Å². The quantitative estimate of drug-likeness (QED) is 0.446. The fourth-order valence-electron chi connectivity index (χ4n) is 0.496. The van der Waals surface area contributed by atoms with Gasteiger partial charge in [-0.1, -0.05) is 0 Å². The van der Waals surface area contributed by atoms with E-state index in [1.165, 1.54) is 0 Å². The molecule has 0 rings (SSSR count). The highest BCUT2D eigenvalue weighted by molar-refractivity contribution is 7.85. The van der Waals surface area contributed by atoms with E-state index >= 15 is 0 Å². The summed E-state index contributed by atoms with van der Waals surface area (Å²) in [7, 11) is -4.13. The first-order valence-electron chi connectivity index (χ1n) is 3.31. The van der Waals surface area contributed by atoms with Crippen LogP contribution in [0.25, 0.3) is 0 Å². The standard InChI is InChI=1S/C5H10N2O5S/c6-4(8)3-7-5(9)1-2-13(10,11)12/h1-3H2,(H2,6,8)(H,7,9)(H,10,11,12). The Morgan fingerprint density at radius 1 is 1.38 bits per heavy atom. The molecule has 0 aromatic heterocycles. The van der Waals surface area contributed by atoms with Gasteiger partial charge in [-0.2, -0.15) is 8.42 Å². The molecule has 0 atom stereocenters. The Bertz CT molecular complexity index is 296. The van der Waals surface area contributed by atoms with E-state index in [9.17, 15) is 18.0 Å². The maximum absolute atomic E-state index is 10.7. The van der Waals surface area contributed by atoms with Crippen molar-refractivity contribution >= 4 is 21.9 Å². The van der Waals surface area contributed by atoms with E-state index in [2.05, 4.69) is 5.32 Å². The zero-order valence-electron chi connectivity index (χ0n) is 6.69. The van der Waals surface area contributed by atoms with Gasteiger partial charge in [-0.15, -0.1) is 0 Å². The average Bonchev–Trinajstić information content (AvgIpc) is 1.95. The van der Waals surface area contributed by atoms with E-state index < -0.39 is 34.1 Å². The highest BCUT2D eigenvalue weighted by atomic mass is 32.2. The number of carbonyl (C=O) groups excluding carboxylic acids is 2. The molecule has 0 aliphatic rings. The molecule has 8 heteroatoms. The molecule has 4 N–H and O–H groups in total. The Balaban J connectivity index is 3.71. The lowest BCUT2D eigenvalue weighted by molar-refractivity contribution is -0.124. The van der Waals surface area contributed by atoms with Gasteiger partial charge in [0.2, 0.25) is 11.8 Å².